The highest BCUT2D eigenvalue weighted by Crippen LogP contribution is 2.33. The molecule has 1 aliphatic heterocycles. The molecule has 0 radical (unpaired) electrons. The third-order valence-electron chi connectivity index (χ3n) is 4.12. The fourth-order valence-corrected chi connectivity index (χ4v) is 2.96. The van der Waals surface area contributed by atoms with Crippen LogP contribution in [0.15, 0.2) is 24.4 Å². The normalized spacial score (nSPS) is 18.0. The predicted molar refractivity (Wildman–Crippen MR) is 84.6 cm³/mol. The zero-order chi connectivity index (χ0) is 18.0. The van der Waals surface area contributed by atoms with Crippen LogP contribution >= 0.6 is 0 Å². The van der Waals surface area contributed by atoms with Crippen LogP contribution < -0.4 is 10.6 Å². The number of rotatable bonds is 2. The van der Waals surface area contributed by atoms with Gasteiger partial charge in [0.25, 0.3) is 0 Å². The number of piperidine rings is 1. The van der Waals surface area contributed by atoms with E-state index in [0.29, 0.717) is 13.1 Å². The molecule has 1 unspecified atom stereocenters. The molecule has 1 aliphatic rings. The van der Waals surface area contributed by atoms with E-state index >= 15 is 0 Å². The number of alkyl halides is 3. The van der Waals surface area contributed by atoms with Crippen LogP contribution in [-0.2, 0) is 6.18 Å². The molecule has 0 aliphatic carbocycles. The Labute approximate surface area is 142 Å². The molecule has 2 aromatic heterocycles. The van der Waals surface area contributed by atoms with E-state index in [0.717, 1.165) is 30.7 Å². The van der Waals surface area contributed by atoms with Crippen LogP contribution in [0.2, 0.25) is 0 Å². The highest BCUT2D eigenvalue weighted by Gasteiger charge is 2.34. The molecule has 1 atom stereocenters. The average molecular weight is 348 g/mol. The first-order valence-corrected chi connectivity index (χ1v) is 7.70. The second-order valence-electron chi connectivity index (χ2n) is 5.80. The molecule has 6 nitrogen and oxygen atoms in total. The Hall–Kier alpha value is -2.89. The largest absolute Gasteiger partial charge is 0.433 e. The fourth-order valence-electron chi connectivity index (χ4n) is 2.96. The van der Waals surface area contributed by atoms with Crippen molar-refractivity contribution in [3.63, 3.8) is 0 Å². The van der Waals surface area contributed by atoms with Crippen molar-refractivity contribution in [2.45, 2.75) is 24.9 Å². The van der Waals surface area contributed by atoms with E-state index in [9.17, 15) is 18.4 Å². The Morgan fingerprint density at radius 3 is 2.72 bits per heavy atom. The van der Waals surface area contributed by atoms with Gasteiger partial charge in [0.15, 0.2) is 0 Å². The van der Waals surface area contributed by atoms with Crippen LogP contribution in [-0.4, -0.2) is 28.0 Å². The van der Waals surface area contributed by atoms with Crippen LogP contribution in [0.1, 0.15) is 35.7 Å². The first-order chi connectivity index (χ1) is 11.9. The summed E-state index contributed by atoms with van der Waals surface area (Å²) in [6, 6.07) is 5.66. The summed E-state index contributed by atoms with van der Waals surface area (Å²) in [7, 11) is 0. The number of halogens is 3. The van der Waals surface area contributed by atoms with E-state index < -0.39 is 11.9 Å². The lowest BCUT2D eigenvalue weighted by Crippen LogP contribution is -2.36. The molecule has 130 valence electrons. The molecule has 0 spiro atoms. The molecule has 0 amide bonds. The van der Waals surface area contributed by atoms with Gasteiger partial charge < -0.3 is 10.6 Å². The Balaban J connectivity index is 1.92. The lowest BCUT2D eigenvalue weighted by Gasteiger charge is -2.34. The highest BCUT2D eigenvalue weighted by molar-refractivity contribution is 5.55. The summed E-state index contributed by atoms with van der Waals surface area (Å²) >= 11 is 0. The van der Waals surface area contributed by atoms with Crippen LogP contribution in [0.4, 0.5) is 24.9 Å². The van der Waals surface area contributed by atoms with Gasteiger partial charge in [-0.2, -0.15) is 18.4 Å². The van der Waals surface area contributed by atoms with Gasteiger partial charge in [0.05, 0.1) is 11.3 Å². The van der Waals surface area contributed by atoms with Gasteiger partial charge in [-0.1, -0.05) is 0 Å². The minimum atomic E-state index is -4.56. The first kappa shape index (κ1) is 17.0. The number of pyridine rings is 1. The molecule has 25 heavy (non-hydrogen) atoms. The molecule has 0 aromatic carbocycles. The number of nitrogen functional groups attached to an aromatic ring is 1. The summed E-state index contributed by atoms with van der Waals surface area (Å²) in [5.41, 5.74) is 5.46. The standard InChI is InChI=1S/C16H15F3N6/c17-16(18,19)13-4-3-10(8-20)14(24-13)25-7-1-2-11(9-25)12-5-6-22-15(21)23-12/h3-6,11H,1-2,7,9H2,(H2,21,22,23). The Kier molecular flexibility index (Phi) is 4.44. The number of anilines is 2. The summed E-state index contributed by atoms with van der Waals surface area (Å²) < 4.78 is 38.9. The van der Waals surface area contributed by atoms with Crippen molar-refractivity contribution in [3.8, 4) is 6.07 Å². The summed E-state index contributed by atoms with van der Waals surface area (Å²) in [5.74, 6) is 0.204. The number of nitriles is 1. The minimum absolute atomic E-state index is 0.0121. The summed E-state index contributed by atoms with van der Waals surface area (Å²) in [5, 5.41) is 9.23. The highest BCUT2D eigenvalue weighted by atomic mass is 19.4. The molecule has 3 rings (SSSR count). The number of nitrogens with two attached hydrogens (primary N) is 1. The van der Waals surface area contributed by atoms with Crippen molar-refractivity contribution in [1.29, 1.82) is 5.26 Å². The van der Waals surface area contributed by atoms with E-state index in [1.807, 2.05) is 6.07 Å². The number of hydrogen-bond donors (Lipinski definition) is 1. The maximum Gasteiger partial charge on any atom is 0.433 e. The number of aromatic nitrogens is 3. The molecule has 2 N–H and O–H groups in total. The summed E-state index contributed by atoms with van der Waals surface area (Å²) in [6.07, 6.45) is -1.43. The zero-order valence-electron chi connectivity index (χ0n) is 13.2. The van der Waals surface area contributed by atoms with Gasteiger partial charge in [0.2, 0.25) is 5.95 Å². The topological polar surface area (TPSA) is 91.7 Å². The monoisotopic (exact) mass is 348 g/mol. The molecule has 0 bridgehead atoms. The fraction of sp³-hybridized carbons (Fsp3) is 0.375. The first-order valence-electron chi connectivity index (χ1n) is 7.70. The maximum absolute atomic E-state index is 13.0. The third-order valence-corrected chi connectivity index (χ3v) is 4.12. The average Bonchev–Trinajstić information content (AvgIpc) is 2.60. The smallest absolute Gasteiger partial charge is 0.368 e. The lowest BCUT2D eigenvalue weighted by molar-refractivity contribution is -0.141. The number of nitrogens with zero attached hydrogens (tertiary/aromatic N) is 5. The zero-order valence-corrected chi connectivity index (χ0v) is 13.2. The molecule has 9 heteroatoms. The molecular formula is C16H15F3N6. The minimum Gasteiger partial charge on any atom is -0.368 e. The van der Waals surface area contributed by atoms with Crippen LogP contribution in [0.25, 0.3) is 0 Å². The van der Waals surface area contributed by atoms with Gasteiger partial charge >= 0.3 is 6.18 Å². The van der Waals surface area contributed by atoms with Gasteiger partial charge in [-0.15, -0.1) is 0 Å². The summed E-state index contributed by atoms with van der Waals surface area (Å²) in [6.45, 7) is 0.944. The van der Waals surface area contributed by atoms with E-state index in [-0.39, 0.29) is 23.2 Å². The van der Waals surface area contributed by atoms with Gasteiger partial charge in [0.1, 0.15) is 17.6 Å². The maximum atomic E-state index is 13.0. The Morgan fingerprint density at radius 2 is 2.04 bits per heavy atom. The van der Waals surface area contributed by atoms with Crippen molar-refractivity contribution < 1.29 is 13.2 Å². The van der Waals surface area contributed by atoms with Crippen molar-refractivity contribution in [2.75, 3.05) is 23.7 Å². The van der Waals surface area contributed by atoms with Crippen molar-refractivity contribution in [2.24, 2.45) is 0 Å². The van der Waals surface area contributed by atoms with E-state index in [4.69, 9.17) is 5.73 Å². The second-order valence-corrected chi connectivity index (χ2v) is 5.80. The van der Waals surface area contributed by atoms with Crippen LogP contribution in [0.3, 0.4) is 0 Å². The van der Waals surface area contributed by atoms with E-state index in [2.05, 4.69) is 15.0 Å². The predicted octanol–water partition coefficient (Wildman–Crippen LogP) is 2.73. The Morgan fingerprint density at radius 1 is 1.24 bits per heavy atom. The van der Waals surface area contributed by atoms with Gasteiger partial charge in [0, 0.05) is 25.2 Å². The molecule has 1 fully saturated rings. The molecular weight excluding hydrogens is 333 g/mol. The van der Waals surface area contributed by atoms with Crippen molar-refractivity contribution in [1.82, 2.24) is 15.0 Å². The SMILES string of the molecule is N#Cc1ccc(C(F)(F)F)nc1N1CCCC(c2ccnc(N)n2)C1. The third kappa shape index (κ3) is 3.63. The molecule has 3 heterocycles. The lowest BCUT2D eigenvalue weighted by atomic mass is 9.94. The van der Waals surface area contributed by atoms with Gasteiger partial charge in [-0.05, 0) is 31.0 Å². The van der Waals surface area contributed by atoms with Crippen molar-refractivity contribution >= 4 is 11.8 Å². The second kappa shape index (κ2) is 6.55. The summed E-state index contributed by atoms with van der Waals surface area (Å²) in [4.78, 5) is 13.5. The van der Waals surface area contributed by atoms with E-state index in [1.165, 1.54) is 0 Å². The molecule has 0 saturated carbocycles. The van der Waals surface area contributed by atoms with Crippen LogP contribution in [0.5, 0.6) is 0 Å². The van der Waals surface area contributed by atoms with Gasteiger partial charge in [-0.3, -0.25) is 0 Å². The Bertz CT molecular complexity index is 814. The number of hydrogen-bond acceptors (Lipinski definition) is 6. The van der Waals surface area contributed by atoms with E-state index in [1.54, 1.807) is 17.2 Å². The van der Waals surface area contributed by atoms with Gasteiger partial charge in [-0.25, -0.2) is 15.0 Å². The quantitative estimate of drug-likeness (QED) is 0.897. The molecule has 1 saturated heterocycles. The molecule has 2 aromatic rings. The van der Waals surface area contributed by atoms with Crippen molar-refractivity contribution in [3.05, 3.63) is 41.3 Å². The van der Waals surface area contributed by atoms with Crippen LogP contribution in [0, 0.1) is 11.3 Å².